The van der Waals surface area contributed by atoms with Crippen molar-refractivity contribution >= 4 is 5.91 Å². The molecular formula is C13H18N2O3. The molecule has 98 valence electrons. The SMILES string of the molecule is Cc1cc(C)c(C(=O)NCC2CC(O)C2)c(=O)[nH]1. The predicted molar refractivity (Wildman–Crippen MR) is 67.6 cm³/mol. The van der Waals surface area contributed by atoms with Crippen molar-refractivity contribution < 1.29 is 9.90 Å². The number of nitrogens with one attached hydrogen (secondary N) is 2. The fourth-order valence-electron chi connectivity index (χ4n) is 2.33. The zero-order valence-electron chi connectivity index (χ0n) is 10.6. The highest BCUT2D eigenvalue weighted by atomic mass is 16.3. The van der Waals surface area contributed by atoms with Gasteiger partial charge in [0.05, 0.1) is 6.10 Å². The van der Waals surface area contributed by atoms with Crippen LogP contribution in [-0.4, -0.2) is 28.6 Å². The Bertz CT molecular complexity index is 515. The first-order valence-corrected chi connectivity index (χ1v) is 6.14. The number of carbonyl (C=O) groups is 1. The van der Waals surface area contributed by atoms with Crippen molar-refractivity contribution in [1.29, 1.82) is 0 Å². The molecule has 0 unspecified atom stereocenters. The average molecular weight is 250 g/mol. The van der Waals surface area contributed by atoms with Gasteiger partial charge in [0, 0.05) is 12.2 Å². The Morgan fingerprint density at radius 2 is 2.17 bits per heavy atom. The molecule has 1 aliphatic rings. The van der Waals surface area contributed by atoms with Gasteiger partial charge in [-0.05, 0) is 44.2 Å². The van der Waals surface area contributed by atoms with Gasteiger partial charge in [0.25, 0.3) is 11.5 Å². The maximum absolute atomic E-state index is 11.9. The molecule has 3 N–H and O–H groups in total. The molecular weight excluding hydrogens is 232 g/mol. The lowest BCUT2D eigenvalue weighted by Gasteiger charge is -2.31. The molecule has 0 aromatic carbocycles. The summed E-state index contributed by atoms with van der Waals surface area (Å²) >= 11 is 0. The standard InChI is InChI=1S/C13H18N2O3/c1-7-3-8(2)15-13(18)11(7)12(17)14-6-9-4-10(16)5-9/h3,9-10,16H,4-6H2,1-2H3,(H,14,17)(H,15,18). The van der Waals surface area contributed by atoms with Gasteiger partial charge in [0.15, 0.2) is 0 Å². The molecule has 0 aliphatic heterocycles. The molecule has 5 nitrogen and oxygen atoms in total. The minimum absolute atomic E-state index is 0.181. The van der Waals surface area contributed by atoms with Crippen molar-refractivity contribution in [3.05, 3.63) is 33.2 Å². The smallest absolute Gasteiger partial charge is 0.261 e. The van der Waals surface area contributed by atoms with Crippen molar-refractivity contribution in [3.63, 3.8) is 0 Å². The van der Waals surface area contributed by atoms with Crippen LogP contribution in [0.5, 0.6) is 0 Å². The molecule has 18 heavy (non-hydrogen) atoms. The number of aliphatic hydroxyl groups excluding tert-OH is 1. The summed E-state index contributed by atoms with van der Waals surface area (Å²) in [4.78, 5) is 26.3. The lowest BCUT2D eigenvalue weighted by atomic mass is 9.82. The van der Waals surface area contributed by atoms with Crippen LogP contribution in [0, 0.1) is 19.8 Å². The second-order valence-electron chi connectivity index (χ2n) is 5.04. The van der Waals surface area contributed by atoms with E-state index in [1.807, 2.05) is 0 Å². The minimum atomic E-state index is -0.348. The quantitative estimate of drug-likeness (QED) is 0.730. The van der Waals surface area contributed by atoms with Crippen molar-refractivity contribution in [2.45, 2.75) is 32.8 Å². The summed E-state index contributed by atoms with van der Waals surface area (Å²) in [5, 5.41) is 11.9. The van der Waals surface area contributed by atoms with E-state index in [1.54, 1.807) is 19.9 Å². The number of carbonyl (C=O) groups excluding carboxylic acids is 1. The van der Waals surface area contributed by atoms with Gasteiger partial charge in [0.1, 0.15) is 5.56 Å². The van der Waals surface area contributed by atoms with Crippen molar-refractivity contribution in [2.24, 2.45) is 5.92 Å². The van der Waals surface area contributed by atoms with Crippen molar-refractivity contribution in [2.75, 3.05) is 6.54 Å². The molecule has 5 heteroatoms. The van der Waals surface area contributed by atoms with Gasteiger partial charge >= 0.3 is 0 Å². The number of aromatic amines is 1. The zero-order valence-corrected chi connectivity index (χ0v) is 10.6. The third-order valence-electron chi connectivity index (χ3n) is 3.35. The van der Waals surface area contributed by atoms with Crippen LogP contribution in [0.15, 0.2) is 10.9 Å². The van der Waals surface area contributed by atoms with Crippen molar-refractivity contribution in [3.8, 4) is 0 Å². The lowest BCUT2D eigenvalue weighted by Crippen LogP contribution is -2.40. The third kappa shape index (κ3) is 2.61. The fraction of sp³-hybridized carbons (Fsp3) is 0.538. The summed E-state index contributed by atoms with van der Waals surface area (Å²) in [6.07, 6.45) is 1.23. The number of aryl methyl sites for hydroxylation is 2. The molecule has 1 fully saturated rings. The van der Waals surface area contributed by atoms with Crippen LogP contribution in [-0.2, 0) is 0 Å². The molecule has 2 rings (SSSR count). The van der Waals surface area contributed by atoms with Crippen LogP contribution in [0.4, 0.5) is 0 Å². The molecule has 1 aromatic rings. The monoisotopic (exact) mass is 250 g/mol. The number of aliphatic hydroxyl groups is 1. The highest BCUT2D eigenvalue weighted by molar-refractivity contribution is 5.95. The predicted octanol–water partition coefficient (Wildman–Crippen LogP) is 0.492. The van der Waals surface area contributed by atoms with E-state index < -0.39 is 0 Å². The fourth-order valence-corrected chi connectivity index (χ4v) is 2.33. The summed E-state index contributed by atoms with van der Waals surface area (Å²) in [6, 6.07) is 1.78. The van der Waals surface area contributed by atoms with Crippen LogP contribution in [0.3, 0.4) is 0 Å². The Labute approximate surface area is 105 Å². The van der Waals surface area contributed by atoms with Gasteiger partial charge < -0.3 is 15.4 Å². The molecule has 1 aromatic heterocycles. The van der Waals surface area contributed by atoms with Crippen LogP contribution < -0.4 is 10.9 Å². The number of hydrogen-bond donors (Lipinski definition) is 3. The van der Waals surface area contributed by atoms with Gasteiger partial charge in [-0.25, -0.2) is 0 Å². The van der Waals surface area contributed by atoms with Crippen LogP contribution in [0.25, 0.3) is 0 Å². The number of hydrogen-bond acceptors (Lipinski definition) is 3. The van der Waals surface area contributed by atoms with E-state index >= 15 is 0 Å². The van der Waals surface area contributed by atoms with E-state index in [-0.39, 0.29) is 23.1 Å². The second-order valence-corrected chi connectivity index (χ2v) is 5.04. The van der Waals surface area contributed by atoms with E-state index in [2.05, 4.69) is 10.3 Å². The largest absolute Gasteiger partial charge is 0.393 e. The second kappa shape index (κ2) is 4.94. The van der Waals surface area contributed by atoms with Gasteiger partial charge in [-0.2, -0.15) is 0 Å². The topological polar surface area (TPSA) is 82.2 Å². The lowest BCUT2D eigenvalue weighted by molar-refractivity contribution is 0.0420. The molecule has 1 heterocycles. The van der Waals surface area contributed by atoms with Gasteiger partial charge in [0.2, 0.25) is 0 Å². The number of H-pyrrole nitrogens is 1. The van der Waals surface area contributed by atoms with Gasteiger partial charge in [-0.1, -0.05) is 0 Å². The number of rotatable bonds is 3. The maximum atomic E-state index is 11.9. The summed E-state index contributed by atoms with van der Waals surface area (Å²) in [7, 11) is 0. The van der Waals surface area contributed by atoms with Crippen molar-refractivity contribution in [1.82, 2.24) is 10.3 Å². The summed E-state index contributed by atoms with van der Waals surface area (Å²) in [6.45, 7) is 4.05. The molecule has 0 atom stereocenters. The molecule has 1 saturated carbocycles. The summed E-state index contributed by atoms with van der Waals surface area (Å²) in [5.41, 5.74) is 1.26. The Morgan fingerprint density at radius 3 is 2.72 bits per heavy atom. The Hall–Kier alpha value is -1.62. The number of pyridine rings is 1. The van der Waals surface area contributed by atoms with E-state index in [1.165, 1.54) is 0 Å². The number of amides is 1. The first kappa shape index (κ1) is 12.8. The maximum Gasteiger partial charge on any atom is 0.261 e. The van der Waals surface area contributed by atoms with Crippen LogP contribution in [0.2, 0.25) is 0 Å². The Morgan fingerprint density at radius 1 is 1.50 bits per heavy atom. The molecule has 1 amide bonds. The average Bonchev–Trinajstić information content (AvgIpc) is 2.21. The highest BCUT2D eigenvalue weighted by Crippen LogP contribution is 2.26. The van der Waals surface area contributed by atoms with E-state index in [4.69, 9.17) is 5.11 Å². The van der Waals surface area contributed by atoms with Gasteiger partial charge in [-0.3, -0.25) is 9.59 Å². The molecule has 0 saturated heterocycles. The first-order chi connectivity index (χ1) is 8.47. The minimum Gasteiger partial charge on any atom is -0.393 e. The summed E-state index contributed by atoms with van der Waals surface area (Å²) in [5.74, 6) is -0.0103. The molecule has 1 aliphatic carbocycles. The summed E-state index contributed by atoms with van der Waals surface area (Å²) < 4.78 is 0. The Balaban J connectivity index is 2.03. The molecule has 0 spiro atoms. The molecule has 0 bridgehead atoms. The normalized spacial score (nSPS) is 22.4. The molecule has 0 radical (unpaired) electrons. The Kier molecular flexibility index (Phi) is 3.52. The first-order valence-electron chi connectivity index (χ1n) is 6.14. The van der Waals surface area contributed by atoms with E-state index in [0.717, 1.165) is 18.5 Å². The van der Waals surface area contributed by atoms with Gasteiger partial charge in [-0.15, -0.1) is 0 Å². The third-order valence-corrected chi connectivity index (χ3v) is 3.35. The van der Waals surface area contributed by atoms with Crippen LogP contribution >= 0.6 is 0 Å². The zero-order chi connectivity index (χ0) is 13.3. The van der Waals surface area contributed by atoms with E-state index in [9.17, 15) is 9.59 Å². The van der Waals surface area contributed by atoms with Crippen LogP contribution in [0.1, 0.15) is 34.5 Å². The van der Waals surface area contributed by atoms with E-state index in [0.29, 0.717) is 18.0 Å². The highest BCUT2D eigenvalue weighted by Gasteiger charge is 2.27. The number of aromatic nitrogens is 1.